The first-order chi connectivity index (χ1) is 8.22. The van der Waals surface area contributed by atoms with Crippen molar-refractivity contribution in [1.29, 1.82) is 0 Å². The lowest BCUT2D eigenvalue weighted by Gasteiger charge is -2.25. The van der Waals surface area contributed by atoms with E-state index in [1.807, 2.05) is 0 Å². The predicted molar refractivity (Wildman–Crippen MR) is 74.2 cm³/mol. The number of rotatable bonds is 4. The zero-order valence-corrected chi connectivity index (χ0v) is 12.1. The lowest BCUT2D eigenvalue weighted by molar-refractivity contribution is 0.177. The molecule has 17 heavy (non-hydrogen) atoms. The van der Waals surface area contributed by atoms with Crippen LogP contribution in [0.25, 0.3) is 0 Å². The van der Waals surface area contributed by atoms with Gasteiger partial charge >= 0.3 is 0 Å². The lowest BCUT2D eigenvalue weighted by Crippen LogP contribution is -2.29. The standard InChI is InChI=1S/C14H20BrNO/c1-3-16-14(11-6-7-17-9-11)13-8-12(15)5-4-10(13)2/h4-5,8,11,14,16H,3,6-7,9H2,1-2H3. The number of hydrogen-bond donors (Lipinski definition) is 1. The highest BCUT2D eigenvalue weighted by atomic mass is 79.9. The van der Waals surface area contributed by atoms with Crippen LogP contribution in [0.15, 0.2) is 22.7 Å². The van der Waals surface area contributed by atoms with Crippen LogP contribution >= 0.6 is 15.9 Å². The SMILES string of the molecule is CCNC(c1cc(Br)ccc1C)C1CCOC1. The molecule has 0 aromatic heterocycles. The van der Waals surface area contributed by atoms with Gasteiger partial charge < -0.3 is 10.1 Å². The number of hydrogen-bond acceptors (Lipinski definition) is 2. The summed E-state index contributed by atoms with van der Waals surface area (Å²) < 4.78 is 6.68. The summed E-state index contributed by atoms with van der Waals surface area (Å²) in [6.07, 6.45) is 1.16. The molecule has 0 saturated carbocycles. The predicted octanol–water partition coefficient (Wildman–Crippen LogP) is 3.44. The quantitative estimate of drug-likeness (QED) is 0.919. The minimum atomic E-state index is 0.417. The van der Waals surface area contributed by atoms with Gasteiger partial charge in [0, 0.05) is 23.0 Å². The Hall–Kier alpha value is -0.380. The average Bonchev–Trinajstić information content (AvgIpc) is 2.83. The van der Waals surface area contributed by atoms with Gasteiger partial charge in [0.15, 0.2) is 0 Å². The molecule has 3 heteroatoms. The molecule has 0 bridgehead atoms. The second kappa shape index (κ2) is 5.98. The third-order valence-corrected chi connectivity index (χ3v) is 3.93. The number of halogens is 1. The van der Waals surface area contributed by atoms with Gasteiger partial charge in [-0.25, -0.2) is 0 Å². The molecule has 1 aromatic rings. The molecular formula is C14H20BrNO. The van der Waals surface area contributed by atoms with Crippen LogP contribution in [0.4, 0.5) is 0 Å². The smallest absolute Gasteiger partial charge is 0.0513 e. The monoisotopic (exact) mass is 297 g/mol. The Balaban J connectivity index is 2.27. The molecule has 2 nitrogen and oxygen atoms in total. The molecule has 0 spiro atoms. The first kappa shape index (κ1) is 13.1. The van der Waals surface area contributed by atoms with Crippen LogP contribution in [0.5, 0.6) is 0 Å². The molecule has 1 aromatic carbocycles. The molecule has 2 unspecified atom stereocenters. The van der Waals surface area contributed by atoms with Crippen molar-refractivity contribution >= 4 is 15.9 Å². The van der Waals surface area contributed by atoms with E-state index in [9.17, 15) is 0 Å². The van der Waals surface area contributed by atoms with Crippen molar-refractivity contribution in [2.45, 2.75) is 26.3 Å². The van der Waals surface area contributed by atoms with Crippen molar-refractivity contribution in [3.8, 4) is 0 Å². The van der Waals surface area contributed by atoms with Crippen LogP contribution in [0.1, 0.15) is 30.5 Å². The molecule has 1 fully saturated rings. The molecule has 2 atom stereocenters. The van der Waals surface area contributed by atoms with Crippen LogP contribution in [0.3, 0.4) is 0 Å². The first-order valence-corrected chi connectivity index (χ1v) is 7.09. The Morgan fingerprint density at radius 2 is 2.35 bits per heavy atom. The van der Waals surface area contributed by atoms with Gasteiger partial charge in [0.25, 0.3) is 0 Å². The van der Waals surface area contributed by atoms with Crippen LogP contribution in [0.2, 0.25) is 0 Å². The van der Waals surface area contributed by atoms with E-state index >= 15 is 0 Å². The summed E-state index contributed by atoms with van der Waals surface area (Å²) in [6, 6.07) is 6.94. The van der Waals surface area contributed by atoms with E-state index in [1.165, 1.54) is 11.1 Å². The maximum Gasteiger partial charge on any atom is 0.0513 e. The fraction of sp³-hybridized carbons (Fsp3) is 0.571. The summed E-state index contributed by atoms with van der Waals surface area (Å²) in [4.78, 5) is 0. The van der Waals surface area contributed by atoms with Crippen molar-refractivity contribution < 1.29 is 4.74 Å². The third kappa shape index (κ3) is 3.09. The molecule has 0 amide bonds. The Kier molecular flexibility index (Phi) is 4.60. The number of benzene rings is 1. The van der Waals surface area contributed by atoms with Crippen LogP contribution in [-0.2, 0) is 4.74 Å². The number of nitrogens with one attached hydrogen (secondary N) is 1. The summed E-state index contributed by atoms with van der Waals surface area (Å²) >= 11 is 3.57. The van der Waals surface area contributed by atoms with Crippen molar-refractivity contribution in [3.63, 3.8) is 0 Å². The summed E-state index contributed by atoms with van der Waals surface area (Å²) in [5.74, 6) is 0.600. The van der Waals surface area contributed by atoms with Gasteiger partial charge in [0.05, 0.1) is 6.61 Å². The fourth-order valence-corrected chi connectivity index (χ4v) is 2.89. The van der Waals surface area contributed by atoms with E-state index in [2.05, 4.69) is 53.3 Å². The van der Waals surface area contributed by atoms with Crippen LogP contribution in [0, 0.1) is 12.8 Å². The van der Waals surface area contributed by atoms with E-state index < -0.39 is 0 Å². The van der Waals surface area contributed by atoms with Crippen LogP contribution in [-0.4, -0.2) is 19.8 Å². The minimum absolute atomic E-state index is 0.417. The van der Waals surface area contributed by atoms with Crippen molar-refractivity contribution in [1.82, 2.24) is 5.32 Å². The van der Waals surface area contributed by atoms with Gasteiger partial charge in [-0.2, -0.15) is 0 Å². The van der Waals surface area contributed by atoms with E-state index in [-0.39, 0.29) is 0 Å². The summed E-state index contributed by atoms with van der Waals surface area (Å²) in [7, 11) is 0. The Morgan fingerprint density at radius 3 is 3.00 bits per heavy atom. The lowest BCUT2D eigenvalue weighted by atomic mass is 9.90. The summed E-state index contributed by atoms with van der Waals surface area (Å²) in [5, 5.41) is 3.61. The summed E-state index contributed by atoms with van der Waals surface area (Å²) in [5.41, 5.74) is 2.75. The van der Waals surface area contributed by atoms with E-state index in [1.54, 1.807) is 0 Å². The Morgan fingerprint density at radius 1 is 1.53 bits per heavy atom. The first-order valence-electron chi connectivity index (χ1n) is 6.29. The zero-order chi connectivity index (χ0) is 12.3. The van der Waals surface area contributed by atoms with E-state index in [0.29, 0.717) is 12.0 Å². The van der Waals surface area contributed by atoms with Gasteiger partial charge in [-0.05, 0) is 43.1 Å². The molecule has 1 heterocycles. The highest BCUT2D eigenvalue weighted by Gasteiger charge is 2.27. The van der Waals surface area contributed by atoms with Gasteiger partial charge in [0.1, 0.15) is 0 Å². The third-order valence-electron chi connectivity index (χ3n) is 3.44. The van der Waals surface area contributed by atoms with Crippen molar-refractivity contribution in [2.75, 3.05) is 19.8 Å². The Bertz CT molecular complexity index is 374. The highest BCUT2D eigenvalue weighted by Crippen LogP contribution is 2.32. The maximum atomic E-state index is 5.52. The average molecular weight is 298 g/mol. The maximum absolute atomic E-state index is 5.52. The molecule has 0 radical (unpaired) electrons. The molecule has 94 valence electrons. The zero-order valence-electron chi connectivity index (χ0n) is 10.5. The molecule has 2 rings (SSSR count). The van der Waals surface area contributed by atoms with Crippen molar-refractivity contribution in [3.05, 3.63) is 33.8 Å². The molecule has 1 N–H and O–H groups in total. The molecule has 0 aliphatic carbocycles. The van der Waals surface area contributed by atoms with E-state index in [0.717, 1.165) is 30.7 Å². The fourth-order valence-electron chi connectivity index (χ4n) is 2.51. The normalized spacial score (nSPS) is 21.7. The van der Waals surface area contributed by atoms with Gasteiger partial charge in [-0.1, -0.05) is 28.9 Å². The highest BCUT2D eigenvalue weighted by molar-refractivity contribution is 9.10. The summed E-state index contributed by atoms with van der Waals surface area (Å²) in [6.45, 7) is 7.12. The molecule has 1 aliphatic rings. The van der Waals surface area contributed by atoms with Crippen LogP contribution < -0.4 is 5.32 Å². The second-order valence-corrected chi connectivity index (χ2v) is 5.58. The van der Waals surface area contributed by atoms with Gasteiger partial charge in [-0.15, -0.1) is 0 Å². The molecule has 1 aliphatic heterocycles. The van der Waals surface area contributed by atoms with E-state index in [4.69, 9.17) is 4.74 Å². The molecular weight excluding hydrogens is 278 g/mol. The number of aryl methyl sites for hydroxylation is 1. The van der Waals surface area contributed by atoms with Gasteiger partial charge in [0.2, 0.25) is 0 Å². The largest absolute Gasteiger partial charge is 0.381 e. The second-order valence-electron chi connectivity index (χ2n) is 4.66. The number of ether oxygens (including phenoxy) is 1. The molecule has 1 saturated heterocycles. The Labute approximate surface area is 112 Å². The van der Waals surface area contributed by atoms with Gasteiger partial charge in [-0.3, -0.25) is 0 Å². The minimum Gasteiger partial charge on any atom is -0.381 e. The van der Waals surface area contributed by atoms with Crippen molar-refractivity contribution in [2.24, 2.45) is 5.92 Å². The topological polar surface area (TPSA) is 21.3 Å².